The van der Waals surface area contributed by atoms with Crippen molar-refractivity contribution in [3.8, 4) is 22.6 Å². The molecule has 0 spiro atoms. The number of imidazole rings is 1. The van der Waals surface area contributed by atoms with Crippen molar-refractivity contribution >= 4 is 23.8 Å². The highest BCUT2D eigenvalue weighted by molar-refractivity contribution is 5.79. The van der Waals surface area contributed by atoms with Gasteiger partial charge in [-0.2, -0.15) is 0 Å². The molecule has 0 unspecified atom stereocenters. The number of rotatable bonds is 7. The zero-order chi connectivity index (χ0) is 26.6. The van der Waals surface area contributed by atoms with Crippen LogP contribution in [0, 0.1) is 5.82 Å². The lowest BCUT2D eigenvalue weighted by molar-refractivity contribution is -0.156. The number of hydrogen-bond donors (Lipinski definition) is 2. The number of aliphatic hydroxyl groups excluding tert-OH is 1. The van der Waals surface area contributed by atoms with Crippen LogP contribution >= 0.6 is 0 Å². The summed E-state index contributed by atoms with van der Waals surface area (Å²) in [4.78, 5) is 26.0. The minimum absolute atomic E-state index is 0.00918. The molecular weight excluding hydrogens is 485 g/mol. The van der Waals surface area contributed by atoms with E-state index < -0.39 is 18.2 Å². The Morgan fingerprint density at radius 2 is 1.87 bits per heavy atom. The minimum atomic E-state index is -0.749. The molecule has 3 heterocycles. The maximum Gasteiger partial charge on any atom is 0.309 e. The molecule has 1 aliphatic rings. The van der Waals surface area contributed by atoms with Crippen LogP contribution in [0.3, 0.4) is 0 Å². The second kappa shape index (κ2) is 10.9. The Kier molecular flexibility index (Phi) is 7.28. The normalized spacial score (nSPS) is 17.7. The van der Waals surface area contributed by atoms with Crippen LogP contribution in [-0.4, -0.2) is 42.8 Å². The zero-order valence-electron chi connectivity index (χ0n) is 21.1. The number of cyclic esters (lactones) is 1. The molecule has 4 aromatic rings. The van der Waals surface area contributed by atoms with E-state index in [-0.39, 0.29) is 18.2 Å². The topological polar surface area (TPSA) is 102 Å². The highest BCUT2D eigenvalue weighted by Crippen LogP contribution is 2.35. The summed E-state index contributed by atoms with van der Waals surface area (Å²) in [7, 11) is 0. The molecule has 5 rings (SSSR count). The van der Waals surface area contributed by atoms with E-state index in [0.29, 0.717) is 29.5 Å². The molecule has 1 aliphatic heterocycles. The van der Waals surface area contributed by atoms with E-state index in [9.17, 15) is 14.3 Å². The van der Waals surface area contributed by atoms with Gasteiger partial charge in [-0.05, 0) is 48.5 Å². The van der Waals surface area contributed by atoms with E-state index in [1.807, 2.05) is 48.7 Å². The zero-order valence-corrected chi connectivity index (χ0v) is 21.1. The van der Waals surface area contributed by atoms with Gasteiger partial charge in [-0.15, -0.1) is 0 Å². The van der Waals surface area contributed by atoms with Crippen LogP contribution in [0.1, 0.15) is 38.4 Å². The first-order valence-electron chi connectivity index (χ1n) is 12.5. The van der Waals surface area contributed by atoms with Crippen LogP contribution < -0.4 is 5.32 Å². The van der Waals surface area contributed by atoms with Gasteiger partial charge < -0.3 is 19.7 Å². The summed E-state index contributed by atoms with van der Waals surface area (Å²) in [6.07, 6.45) is 4.19. The second-order valence-electron chi connectivity index (χ2n) is 9.42. The molecule has 1 fully saturated rings. The summed E-state index contributed by atoms with van der Waals surface area (Å²) in [5, 5.41) is 13.3. The average Bonchev–Trinajstić information content (AvgIpc) is 3.28. The van der Waals surface area contributed by atoms with Gasteiger partial charge in [0, 0.05) is 36.0 Å². The first-order chi connectivity index (χ1) is 18.4. The lowest BCUT2D eigenvalue weighted by Crippen LogP contribution is -2.31. The number of benzene rings is 2. The van der Waals surface area contributed by atoms with E-state index in [0.717, 1.165) is 17.1 Å². The van der Waals surface area contributed by atoms with Crippen molar-refractivity contribution < 1.29 is 19.0 Å². The van der Waals surface area contributed by atoms with E-state index >= 15 is 0 Å². The van der Waals surface area contributed by atoms with Gasteiger partial charge in [0.15, 0.2) is 0 Å². The van der Waals surface area contributed by atoms with Gasteiger partial charge in [0.1, 0.15) is 17.7 Å². The first-order valence-corrected chi connectivity index (χ1v) is 12.5. The maximum atomic E-state index is 13.8. The van der Waals surface area contributed by atoms with Gasteiger partial charge in [0.05, 0.1) is 29.6 Å². The lowest BCUT2D eigenvalue weighted by Gasteiger charge is -2.23. The third-order valence-corrected chi connectivity index (χ3v) is 6.14. The fraction of sp³-hybridized carbons (Fsp3) is 0.241. The predicted octanol–water partition coefficient (Wildman–Crippen LogP) is 5.55. The molecule has 2 atom stereocenters. The number of aromatic nitrogens is 4. The van der Waals surface area contributed by atoms with Crippen molar-refractivity contribution in [3.05, 3.63) is 84.6 Å². The molecule has 0 saturated carbocycles. The second-order valence-corrected chi connectivity index (χ2v) is 9.42. The van der Waals surface area contributed by atoms with Gasteiger partial charge >= 0.3 is 5.97 Å². The number of anilines is 2. The largest absolute Gasteiger partial charge is 0.458 e. The Balaban J connectivity index is 1.63. The predicted molar refractivity (Wildman–Crippen MR) is 143 cm³/mol. The van der Waals surface area contributed by atoms with Gasteiger partial charge in [-0.3, -0.25) is 4.79 Å². The fourth-order valence-electron chi connectivity index (χ4n) is 4.37. The van der Waals surface area contributed by atoms with Crippen molar-refractivity contribution in [1.29, 1.82) is 0 Å². The Labute approximate surface area is 219 Å². The number of aliphatic hydroxyl groups is 1. The number of halogens is 1. The van der Waals surface area contributed by atoms with Crippen molar-refractivity contribution in [2.24, 2.45) is 0 Å². The molecule has 1 saturated heterocycles. The van der Waals surface area contributed by atoms with E-state index in [4.69, 9.17) is 14.7 Å². The van der Waals surface area contributed by atoms with Gasteiger partial charge in [-0.25, -0.2) is 19.3 Å². The Morgan fingerprint density at radius 1 is 1.11 bits per heavy atom. The quantitative estimate of drug-likeness (QED) is 0.312. The molecule has 2 aromatic carbocycles. The van der Waals surface area contributed by atoms with Crippen LogP contribution in [0.5, 0.6) is 0 Å². The molecule has 0 amide bonds. The molecular formula is C29H28FN5O3. The molecule has 2 aromatic heterocycles. The molecule has 194 valence electrons. The molecule has 2 N–H and O–H groups in total. The smallest absolute Gasteiger partial charge is 0.309 e. The van der Waals surface area contributed by atoms with Crippen LogP contribution in [0.4, 0.5) is 16.0 Å². The van der Waals surface area contributed by atoms with E-state index in [1.54, 1.807) is 36.7 Å². The average molecular weight is 514 g/mol. The Morgan fingerprint density at radius 3 is 2.58 bits per heavy atom. The van der Waals surface area contributed by atoms with Crippen LogP contribution in [0.25, 0.3) is 28.8 Å². The fourth-order valence-corrected chi connectivity index (χ4v) is 4.37. The molecule has 0 bridgehead atoms. The number of carbonyl (C=O) groups excluding carboxylic acids is 1. The number of para-hydroxylation sites is 1. The van der Waals surface area contributed by atoms with Gasteiger partial charge in [-0.1, -0.05) is 32.0 Å². The van der Waals surface area contributed by atoms with E-state index in [1.165, 1.54) is 12.1 Å². The van der Waals surface area contributed by atoms with Gasteiger partial charge in [0.2, 0.25) is 5.95 Å². The van der Waals surface area contributed by atoms with Crippen molar-refractivity contribution in [1.82, 2.24) is 19.5 Å². The standard InChI is InChI=1S/C29H28FN5O3/c1-18(2)28-34-26(19-8-10-20(30)11-9-19)27(35(28)15-13-23-16-22(36)17-25(37)38-23)24-12-14-31-29(33-24)32-21-6-4-3-5-7-21/h3-15,18,22-23,36H,16-17H2,1-2H3,(H,31,32,33)/t22-,23-/m0/s1. The number of carbonyl (C=O) groups is 1. The van der Waals surface area contributed by atoms with Crippen molar-refractivity contribution in [2.45, 2.75) is 44.8 Å². The summed E-state index contributed by atoms with van der Waals surface area (Å²) >= 11 is 0. The number of hydrogen-bond acceptors (Lipinski definition) is 7. The summed E-state index contributed by atoms with van der Waals surface area (Å²) < 4.78 is 21.1. The first kappa shape index (κ1) is 25.3. The number of ether oxygens (including phenoxy) is 1. The number of nitrogens with one attached hydrogen (secondary N) is 1. The molecule has 0 aliphatic carbocycles. The third-order valence-electron chi connectivity index (χ3n) is 6.14. The number of nitrogens with zero attached hydrogens (tertiary/aromatic N) is 4. The molecule has 9 heteroatoms. The Bertz CT molecular complexity index is 1450. The molecule has 0 radical (unpaired) electrons. The van der Waals surface area contributed by atoms with Crippen molar-refractivity contribution in [3.63, 3.8) is 0 Å². The summed E-state index contributed by atoms with van der Waals surface area (Å²) in [5.41, 5.74) is 3.48. The van der Waals surface area contributed by atoms with Crippen LogP contribution in [0.2, 0.25) is 0 Å². The summed E-state index contributed by atoms with van der Waals surface area (Å²) in [6, 6.07) is 17.6. The Hall–Kier alpha value is -4.37. The number of esters is 1. The van der Waals surface area contributed by atoms with Crippen molar-refractivity contribution in [2.75, 3.05) is 5.32 Å². The molecule has 38 heavy (non-hydrogen) atoms. The lowest BCUT2D eigenvalue weighted by atomic mass is 10.1. The van der Waals surface area contributed by atoms with Crippen LogP contribution in [0.15, 0.2) is 72.9 Å². The highest BCUT2D eigenvalue weighted by Gasteiger charge is 2.26. The third kappa shape index (κ3) is 5.63. The SMILES string of the molecule is CC(C)c1nc(-c2ccc(F)cc2)c(-c2ccnc(Nc3ccccc3)n2)n1C=C[C@H]1C[C@H](O)CC(=O)O1. The summed E-state index contributed by atoms with van der Waals surface area (Å²) in [6.45, 7) is 4.05. The summed E-state index contributed by atoms with van der Waals surface area (Å²) in [5.74, 6) is 0.400. The maximum absolute atomic E-state index is 13.8. The van der Waals surface area contributed by atoms with Gasteiger partial charge in [0.25, 0.3) is 0 Å². The molecule has 8 nitrogen and oxygen atoms in total. The minimum Gasteiger partial charge on any atom is -0.458 e. The van der Waals surface area contributed by atoms with Crippen LogP contribution in [-0.2, 0) is 9.53 Å². The van der Waals surface area contributed by atoms with E-state index in [2.05, 4.69) is 10.3 Å². The highest BCUT2D eigenvalue weighted by atomic mass is 19.1. The monoisotopic (exact) mass is 513 g/mol.